The lowest BCUT2D eigenvalue weighted by atomic mass is 10.0. The molecule has 3 heteroatoms. The summed E-state index contributed by atoms with van der Waals surface area (Å²) in [7, 11) is 0. The second kappa shape index (κ2) is 5.60. The molecule has 0 saturated carbocycles. The van der Waals surface area contributed by atoms with E-state index in [9.17, 15) is 0 Å². The highest BCUT2D eigenvalue weighted by molar-refractivity contribution is 5.34. The molecule has 14 heavy (non-hydrogen) atoms. The molecule has 0 fully saturated rings. The van der Waals surface area contributed by atoms with E-state index in [0.717, 1.165) is 12.2 Å². The Hall–Kier alpha value is -1.09. The highest BCUT2D eigenvalue weighted by Gasteiger charge is 2.09. The number of hydrogen-bond acceptors (Lipinski definition) is 3. The van der Waals surface area contributed by atoms with E-state index in [0.29, 0.717) is 5.92 Å². The first-order chi connectivity index (χ1) is 6.72. The van der Waals surface area contributed by atoms with Crippen LogP contribution in [-0.4, -0.2) is 22.7 Å². The number of aliphatic hydroxyl groups excluding tert-OH is 1. The zero-order valence-corrected chi connectivity index (χ0v) is 8.77. The van der Waals surface area contributed by atoms with Crippen molar-refractivity contribution >= 4 is 5.82 Å². The summed E-state index contributed by atoms with van der Waals surface area (Å²) < 4.78 is 0. The fourth-order valence-electron chi connectivity index (χ4n) is 1.41. The summed E-state index contributed by atoms with van der Waals surface area (Å²) in [6, 6.07) is 5.81. The number of pyridine rings is 1. The summed E-state index contributed by atoms with van der Waals surface area (Å²) in [5, 5.41) is 12.3. The van der Waals surface area contributed by atoms with Crippen molar-refractivity contribution in [1.82, 2.24) is 4.98 Å². The van der Waals surface area contributed by atoms with Gasteiger partial charge in [-0.15, -0.1) is 0 Å². The van der Waals surface area contributed by atoms with E-state index in [1.807, 2.05) is 18.2 Å². The van der Waals surface area contributed by atoms with Crippen LogP contribution in [0.3, 0.4) is 0 Å². The number of hydrogen-bond donors (Lipinski definition) is 2. The highest BCUT2D eigenvalue weighted by atomic mass is 16.3. The Bertz CT molecular complexity index is 249. The maximum absolute atomic E-state index is 9.15. The van der Waals surface area contributed by atoms with E-state index in [2.05, 4.69) is 24.1 Å². The van der Waals surface area contributed by atoms with Crippen molar-refractivity contribution in [2.24, 2.45) is 5.92 Å². The third-order valence-corrected chi connectivity index (χ3v) is 1.99. The molecular weight excluding hydrogens is 176 g/mol. The molecule has 0 saturated heterocycles. The molecule has 1 rings (SSSR count). The second-order valence-corrected chi connectivity index (χ2v) is 3.87. The predicted molar refractivity (Wildman–Crippen MR) is 58.2 cm³/mol. The van der Waals surface area contributed by atoms with Crippen LogP contribution in [0.1, 0.15) is 20.3 Å². The summed E-state index contributed by atoms with van der Waals surface area (Å²) >= 11 is 0. The Labute approximate surface area is 85.2 Å². The molecule has 0 spiro atoms. The summed E-state index contributed by atoms with van der Waals surface area (Å²) in [5.41, 5.74) is 0. The zero-order valence-electron chi connectivity index (χ0n) is 8.77. The minimum Gasteiger partial charge on any atom is -0.394 e. The van der Waals surface area contributed by atoms with E-state index in [-0.39, 0.29) is 12.6 Å². The van der Waals surface area contributed by atoms with Gasteiger partial charge in [-0.3, -0.25) is 0 Å². The van der Waals surface area contributed by atoms with Crippen molar-refractivity contribution in [1.29, 1.82) is 0 Å². The normalized spacial score (nSPS) is 12.9. The number of anilines is 1. The molecule has 1 atom stereocenters. The van der Waals surface area contributed by atoms with Crippen LogP contribution in [-0.2, 0) is 0 Å². The summed E-state index contributed by atoms with van der Waals surface area (Å²) in [5.74, 6) is 1.40. The number of rotatable bonds is 5. The van der Waals surface area contributed by atoms with Crippen LogP contribution in [0.5, 0.6) is 0 Å². The lowest BCUT2D eigenvalue weighted by Gasteiger charge is -2.18. The molecule has 78 valence electrons. The molecule has 0 aliphatic carbocycles. The maximum Gasteiger partial charge on any atom is 0.126 e. The number of nitrogens with one attached hydrogen (secondary N) is 1. The molecule has 0 bridgehead atoms. The average Bonchev–Trinajstić information content (AvgIpc) is 2.17. The minimum absolute atomic E-state index is 0.102. The minimum atomic E-state index is 0.102. The monoisotopic (exact) mass is 194 g/mol. The third kappa shape index (κ3) is 3.75. The van der Waals surface area contributed by atoms with Gasteiger partial charge in [0.05, 0.1) is 12.6 Å². The van der Waals surface area contributed by atoms with Crippen molar-refractivity contribution in [3.63, 3.8) is 0 Å². The molecule has 0 amide bonds. The first-order valence-corrected chi connectivity index (χ1v) is 5.00. The summed E-state index contributed by atoms with van der Waals surface area (Å²) in [6.45, 7) is 4.43. The van der Waals surface area contributed by atoms with Crippen LogP contribution in [0.2, 0.25) is 0 Å². The van der Waals surface area contributed by atoms with Gasteiger partial charge in [-0.25, -0.2) is 4.98 Å². The first kappa shape index (κ1) is 11.0. The SMILES string of the molecule is CC(C)CC(CO)Nc1ccccn1. The van der Waals surface area contributed by atoms with Crippen molar-refractivity contribution in [3.8, 4) is 0 Å². The number of aliphatic hydroxyl groups is 1. The van der Waals surface area contributed by atoms with E-state index < -0.39 is 0 Å². The topological polar surface area (TPSA) is 45.1 Å². The second-order valence-electron chi connectivity index (χ2n) is 3.87. The van der Waals surface area contributed by atoms with Crippen LogP contribution in [0.25, 0.3) is 0 Å². The molecular formula is C11H18N2O. The Morgan fingerprint density at radius 3 is 2.71 bits per heavy atom. The van der Waals surface area contributed by atoms with Crippen molar-refractivity contribution in [2.75, 3.05) is 11.9 Å². The summed E-state index contributed by atoms with van der Waals surface area (Å²) in [4.78, 5) is 4.15. The van der Waals surface area contributed by atoms with E-state index in [1.165, 1.54) is 0 Å². The molecule has 2 N–H and O–H groups in total. The number of aromatic nitrogens is 1. The van der Waals surface area contributed by atoms with Gasteiger partial charge < -0.3 is 10.4 Å². The molecule has 0 aliphatic heterocycles. The van der Waals surface area contributed by atoms with Crippen LogP contribution >= 0.6 is 0 Å². The smallest absolute Gasteiger partial charge is 0.126 e. The zero-order chi connectivity index (χ0) is 10.4. The molecule has 1 heterocycles. The van der Waals surface area contributed by atoms with E-state index in [1.54, 1.807) is 6.20 Å². The van der Waals surface area contributed by atoms with Gasteiger partial charge in [0.25, 0.3) is 0 Å². The molecule has 1 aromatic heterocycles. The van der Waals surface area contributed by atoms with Crippen LogP contribution < -0.4 is 5.32 Å². The van der Waals surface area contributed by atoms with Gasteiger partial charge in [0, 0.05) is 6.20 Å². The average molecular weight is 194 g/mol. The fraction of sp³-hybridized carbons (Fsp3) is 0.545. The van der Waals surface area contributed by atoms with Gasteiger partial charge in [0.2, 0.25) is 0 Å². The Morgan fingerprint density at radius 2 is 2.21 bits per heavy atom. The first-order valence-electron chi connectivity index (χ1n) is 5.00. The maximum atomic E-state index is 9.15. The lowest BCUT2D eigenvalue weighted by Crippen LogP contribution is -2.25. The summed E-state index contributed by atoms with van der Waals surface area (Å²) in [6.07, 6.45) is 2.69. The lowest BCUT2D eigenvalue weighted by molar-refractivity contribution is 0.259. The van der Waals surface area contributed by atoms with Gasteiger partial charge in [0.1, 0.15) is 5.82 Å². The van der Waals surface area contributed by atoms with Crippen LogP contribution in [0.15, 0.2) is 24.4 Å². The number of nitrogens with zero attached hydrogens (tertiary/aromatic N) is 1. The van der Waals surface area contributed by atoms with Crippen LogP contribution in [0.4, 0.5) is 5.82 Å². The molecule has 0 aliphatic rings. The predicted octanol–water partition coefficient (Wildman–Crippen LogP) is 1.90. The highest BCUT2D eigenvalue weighted by Crippen LogP contribution is 2.09. The third-order valence-electron chi connectivity index (χ3n) is 1.99. The Kier molecular flexibility index (Phi) is 4.40. The Morgan fingerprint density at radius 1 is 1.43 bits per heavy atom. The van der Waals surface area contributed by atoms with Crippen molar-refractivity contribution in [2.45, 2.75) is 26.3 Å². The van der Waals surface area contributed by atoms with Gasteiger partial charge in [-0.05, 0) is 24.5 Å². The standard InChI is InChI=1S/C11H18N2O/c1-9(2)7-10(8-14)13-11-5-3-4-6-12-11/h3-6,9-10,14H,7-8H2,1-2H3,(H,12,13). The van der Waals surface area contributed by atoms with E-state index >= 15 is 0 Å². The molecule has 0 aromatic carbocycles. The van der Waals surface area contributed by atoms with Gasteiger partial charge in [-0.2, -0.15) is 0 Å². The fourth-order valence-corrected chi connectivity index (χ4v) is 1.41. The van der Waals surface area contributed by atoms with Crippen LogP contribution in [0, 0.1) is 5.92 Å². The molecule has 3 nitrogen and oxygen atoms in total. The van der Waals surface area contributed by atoms with Gasteiger partial charge >= 0.3 is 0 Å². The van der Waals surface area contributed by atoms with Gasteiger partial charge in [-0.1, -0.05) is 19.9 Å². The van der Waals surface area contributed by atoms with Gasteiger partial charge in [0.15, 0.2) is 0 Å². The molecule has 1 unspecified atom stereocenters. The van der Waals surface area contributed by atoms with E-state index in [4.69, 9.17) is 5.11 Å². The molecule has 1 aromatic rings. The Balaban J connectivity index is 2.48. The molecule has 0 radical (unpaired) electrons. The quantitative estimate of drug-likeness (QED) is 0.752. The van der Waals surface area contributed by atoms with Crippen molar-refractivity contribution < 1.29 is 5.11 Å². The largest absolute Gasteiger partial charge is 0.394 e. The van der Waals surface area contributed by atoms with Crippen molar-refractivity contribution in [3.05, 3.63) is 24.4 Å².